The molecule has 1 amide bonds. The Morgan fingerprint density at radius 3 is 2.56 bits per heavy atom. The maximum atomic E-state index is 12.1. The number of carbonyl (C=O) groups is 2. The van der Waals surface area contributed by atoms with Gasteiger partial charge in [0.1, 0.15) is 11.8 Å². The number of anilines is 1. The van der Waals surface area contributed by atoms with Gasteiger partial charge in [0.05, 0.1) is 12.7 Å². The Bertz CT molecular complexity index is 473. The van der Waals surface area contributed by atoms with Crippen LogP contribution < -0.4 is 10.5 Å². The minimum absolute atomic E-state index is 0.227. The highest BCUT2D eigenvalue weighted by Crippen LogP contribution is 2.21. The lowest BCUT2D eigenvalue weighted by atomic mass is 10.1. The highest BCUT2D eigenvalue weighted by molar-refractivity contribution is 6.01. The van der Waals surface area contributed by atoms with Gasteiger partial charge in [0.15, 0.2) is 0 Å². The maximum absolute atomic E-state index is 12.1. The molecule has 0 aliphatic heterocycles. The summed E-state index contributed by atoms with van der Waals surface area (Å²) in [5.41, 5.74) is 6.22. The number of likely N-dealkylation sites (N-methyl/N-ethyl adjacent to an activating group) is 1. The Morgan fingerprint density at radius 2 is 2.06 bits per heavy atom. The normalized spacial score (nSPS) is 11.7. The van der Waals surface area contributed by atoms with Crippen molar-refractivity contribution in [1.82, 2.24) is 4.90 Å². The van der Waals surface area contributed by atoms with E-state index in [2.05, 4.69) is 0 Å². The SMILES string of the molecule is COc1ccc(N)c(C(=O)N(C)C(C)C(=O)O)c1. The van der Waals surface area contributed by atoms with Gasteiger partial charge in [-0.2, -0.15) is 0 Å². The maximum Gasteiger partial charge on any atom is 0.326 e. The van der Waals surface area contributed by atoms with E-state index in [0.29, 0.717) is 5.75 Å². The Kier molecular flexibility index (Phi) is 4.14. The zero-order valence-electron chi connectivity index (χ0n) is 10.5. The molecule has 98 valence electrons. The van der Waals surface area contributed by atoms with Crippen molar-refractivity contribution in [3.8, 4) is 5.75 Å². The molecule has 1 unspecified atom stereocenters. The second-order valence-electron chi connectivity index (χ2n) is 3.88. The van der Waals surface area contributed by atoms with Gasteiger partial charge >= 0.3 is 5.97 Å². The molecular formula is C12H16N2O4. The van der Waals surface area contributed by atoms with E-state index < -0.39 is 17.9 Å². The second-order valence-corrected chi connectivity index (χ2v) is 3.88. The quantitative estimate of drug-likeness (QED) is 0.774. The molecule has 1 atom stereocenters. The molecule has 6 heteroatoms. The van der Waals surface area contributed by atoms with Crippen molar-refractivity contribution in [2.24, 2.45) is 0 Å². The predicted octanol–water partition coefficient (Wildman–Crippen LogP) is 0.822. The second kappa shape index (κ2) is 5.39. The summed E-state index contributed by atoms with van der Waals surface area (Å²) in [7, 11) is 2.89. The van der Waals surface area contributed by atoms with E-state index >= 15 is 0 Å². The van der Waals surface area contributed by atoms with Crippen molar-refractivity contribution in [2.75, 3.05) is 19.9 Å². The average Bonchev–Trinajstić information content (AvgIpc) is 2.36. The largest absolute Gasteiger partial charge is 0.497 e. The summed E-state index contributed by atoms with van der Waals surface area (Å²) >= 11 is 0. The van der Waals surface area contributed by atoms with Crippen LogP contribution in [0.2, 0.25) is 0 Å². The third kappa shape index (κ3) is 2.71. The van der Waals surface area contributed by atoms with Gasteiger partial charge in [-0.25, -0.2) is 4.79 Å². The first-order chi connectivity index (χ1) is 8.38. The van der Waals surface area contributed by atoms with E-state index in [1.54, 1.807) is 12.1 Å². The lowest BCUT2D eigenvalue weighted by Crippen LogP contribution is -2.40. The molecule has 1 aromatic rings. The first kappa shape index (κ1) is 13.8. The van der Waals surface area contributed by atoms with Crippen LogP contribution in [-0.4, -0.2) is 42.1 Å². The monoisotopic (exact) mass is 252 g/mol. The summed E-state index contributed by atoms with van der Waals surface area (Å²) in [4.78, 5) is 24.1. The summed E-state index contributed by atoms with van der Waals surface area (Å²) in [6.45, 7) is 1.43. The molecule has 0 saturated carbocycles. The van der Waals surface area contributed by atoms with Crippen LogP contribution in [0.5, 0.6) is 5.75 Å². The Labute approximate surface area is 105 Å². The number of carboxylic acids is 1. The first-order valence-electron chi connectivity index (χ1n) is 5.32. The molecule has 0 fully saturated rings. The molecule has 3 N–H and O–H groups in total. The molecule has 1 aromatic carbocycles. The number of nitrogen functional groups attached to an aromatic ring is 1. The highest BCUT2D eigenvalue weighted by atomic mass is 16.5. The van der Waals surface area contributed by atoms with Crippen molar-refractivity contribution in [1.29, 1.82) is 0 Å². The summed E-state index contributed by atoms with van der Waals surface area (Å²) < 4.78 is 5.01. The average molecular weight is 252 g/mol. The molecule has 0 spiro atoms. The molecule has 0 saturated heterocycles. The Morgan fingerprint density at radius 1 is 1.44 bits per heavy atom. The zero-order valence-corrected chi connectivity index (χ0v) is 10.5. The molecule has 0 aliphatic carbocycles. The van der Waals surface area contributed by atoms with Crippen LogP contribution in [0.15, 0.2) is 18.2 Å². The molecule has 0 bridgehead atoms. The predicted molar refractivity (Wildman–Crippen MR) is 66.6 cm³/mol. The minimum Gasteiger partial charge on any atom is -0.497 e. The van der Waals surface area contributed by atoms with E-state index in [0.717, 1.165) is 4.90 Å². The number of rotatable bonds is 4. The van der Waals surface area contributed by atoms with E-state index in [1.807, 2.05) is 0 Å². The molecule has 18 heavy (non-hydrogen) atoms. The van der Waals surface area contributed by atoms with Crippen molar-refractivity contribution in [3.63, 3.8) is 0 Å². The van der Waals surface area contributed by atoms with E-state index in [1.165, 1.54) is 27.1 Å². The fourth-order valence-corrected chi connectivity index (χ4v) is 1.38. The van der Waals surface area contributed by atoms with Crippen LogP contribution >= 0.6 is 0 Å². The van der Waals surface area contributed by atoms with Gasteiger partial charge < -0.3 is 20.5 Å². The van der Waals surface area contributed by atoms with Crippen LogP contribution in [-0.2, 0) is 4.79 Å². The number of methoxy groups -OCH3 is 1. The van der Waals surface area contributed by atoms with E-state index in [-0.39, 0.29) is 11.3 Å². The Balaban J connectivity index is 3.06. The number of benzene rings is 1. The summed E-state index contributed by atoms with van der Waals surface area (Å²) in [5.74, 6) is -1.04. The zero-order chi connectivity index (χ0) is 13.9. The summed E-state index contributed by atoms with van der Waals surface area (Å²) in [5, 5.41) is 8.87. The number of ether oxygens (including phenoxy) is 1. The van der Waals surface area contributed by atoms with Crippen molar-refractivity contribution in [3.05, 3.63) is 23.8 Å². The topological polar surface area (TPSA) is 92.9 Å². The van der Waals surface area contributed by atoms with Gasteiger partial charge in [0.2, 0.25) is 0 Å². The number of nitrogens with two attached hydrogens (primary N) is 1. The number of hydrogen-bond donors (Lipinski definition) is 2. The first-order valence-corrected chi connectivity index (χ1v) is 5.32. The standard InChI is InChI=1S/C12H16N2O4/c1-7(12(16)17)14(2)11(15)9-6-8(18-3)4-5-10(9)13/h4-7H,13H2,1-3H3,(H,16,17). The molecule has 0 radical (unpaired) electrons. The molecule has 0 aliphatic rings. The van der Waals surface area contributed by atoms with E-state index in [4.69, 9.17) is 15.6 Å². The lowest BCUT2D eigenvalue weighted by Gasteiger charge is -2.22. The van der Waals surface area contributed by atoms with Crippen molar-refractivity contribution >= 4 is 17.6 Å². The minimum atomic E-state index is -1.08. The summed E-state index contributed by atoms with van der Waals surface area (Å²) in [6, 6.07) is 3.74. The fraction of sp³-hybridized carbons (Fsp3) is 0.333. The van der Waals surface area contributed by atoms with Gasteiger partial charge in [-0.15, -0.1) is 0 Å². The van der Waals surface area contributed by atoms with Crippen LogP contribution in [0, 0.1) is 0 Å². The number of nitrogens with zero attached hydrogens (tertiary/aromatic N) is 1. The van der Waals surface area contributed by atoms with Crippen molar-refractivity contribution < 1.29 is 19.4 Å². The summed E-state index contributed by atoms with van der Waals surface area (Å²) in [6.07, 6.45) is 0. The smallest absolute Gasteiger partial charge is 0.326 e. The van der Waals surface area contributed by atoms with Crippen LogP contribution in [0.3, 0.4) is 0 Å². The Hall–Kier alpha value is -2.24. The van der Waals surface area contributed by atoms with Crippen molar-refractivity contribution in [2.45, 2.75) is 13.0 Å². The van der Waals surface area contributed by atoms with Gasteiger partial charge in [0, 0.05) is 12.7 Å². The third-order valence-electron chi connectivity index (χ3n) is 2.75. The van der Waals surface area contributed by atoms with Gasteiger partial charge in [0.25, 0.3) is 5.91 Å². The van der Waals surface area contributed by atoms with Gasteiger partial charge in [-0.3, -0.25) is 4.79 Å². The lowest BCUT2D eigenvalue weighted by molar-refractivity contribution is -0.141. The fourth-order valence-electron chi connectivity index (χ4n) is 1.38. The molecule has 6 nitrogen and oxygen atoms in total. The molecule has 0 aromatic heterocycles. The highest BCUT2D eigenvalue weighted by Gasteiger charge is 2.24. The van der Waals surface area contributed by atoms with Gasteiger partial charge in [-0.1, -0.05) is 0 Å². The third-order valence-corrected chi connectivity index (χ3v) is 2.75. The number of hydrogen-bond acceptors (Lipinski definition) is 4. The number of carbonyl (C=O) groups excluding carboxylic acids is 1. The van der Waals surface area contributed by atoms with Crippen LogP contribution in [0.4, 0.5) is 5.69 Å². The molecular weight excluding hydrogens is 236 g/mol. The van der Waals surface area contributed by atoms with E-state index in [9.17, 15) is 9.59 Å². The number of aliphatic carboxylic acids is 1. The van der Waals surface area contributed by atoms with Crippen LogP contribution in [0.1, 0.15) is 17.3 Å². The molecule has 0 heterocycles. The van der Waals surface area contributed by atoms with Gasteiger partial charge in [-0.05, 0) is 25.1 Å². The van der Waals surface area contributed by atoms with Crippen LogP contribution in [0.25, 0.3) is 0 Å². The molecule has 1 rings (SSSR count). The number of amides is 1. The number of carboxylic acid groups (broad SMARTS) is 1.